The number of aromatic nitrogens is 4. The van der Waals surface area contributed by atoms with Crippen molar-refractivity contribution in [2.45, 2.75) is 18.9 Å². The molecule has 2 N–H and O–H groups in total. The summed E-state index contributed by atoms with van der Waals surface area (Å²) in [4.78, 5) is 42.3. The molecular weight excluding hydrogens is 546 g/mol. The highest BCUT2D eigenvalue weighted by atomic mass is 16.5. The van der Waals surface area contributed by atoms with Gasteiger partial charge < -0.3 is 48.9 Å². The zero-order chi connectivity index (χ0) is 30.1. The molecule has 0 radical (unpaired) electrons. The third-order valence-electron chi connectivity index (χ3n) is 7.75. The van der Waals surface area contributed by atoms with E-state index in [9.17, 15) is 15.0 Å². The zero-order valence-corrected chi connectivity index (χ0v) is 25.2. The Morgan fingerprint density at radius 1 is 0.762 bits per heavy atom. The van der Waals surface area contributed by atoms with Crippen molar-refractivity contribution in [3.05, 3.63) is 0 Å². The maximum atomic E-state index is 12.8. The second-order valence-corrected chi connectivity index (χ2v) is 10.5. The summed E-state index contributed by atoms with van der Waals surface area (Å²) in [6.45, 7) is 4.97. The predicted molar refractivity (Wildman–Crippen MR) is 160 cm³/mol. The van der Waals surface area contributed by atoms with Crippen molar-refractivity contribution in [2.75, 3.05) is 133 Å². The van der Waals surface area contributed by atoms with Crippen LogP contribution in [0.2, 0.25) is 0 Å². The molecule has 0 aliphatic carbocycles. The van der Waals surface area contributed by atoms with Crippen molar-refractivity contribution in [1.29, 1.82) is 0 Å². The Morgan fingerprint density at radius 3 is 1.76 bits per heavy atom. The fraction of sp³-hybridized carbons (Fsp3) is 0.741. The van der Waals surface area contributed by atoms with Gasteiger partial charge in [-0.2, -0.15) is 9.97 Å². The van der Waals surface area contributed by atoms with Crippen LogP contribution in [0.3, 0.4) is 0 Å². The third-order valence-corrected chi connectivity index (χ3v) is 7.75. The number of hydrogen-bond acceptors (Lipinski definition) is 14. The molecule has 15 nitrogen and oxygen atoms in total. The van der Waals surface area contributed by atoms with Crippen LogP contribution in [0.25, 0.3) is 11.0 Å². The number of aliphatic hydroxyl groups excluding tert-OH is 2. The summed E-state index contributed by atoms with van der Waals surface area (Å²) >= 11 is 0. The Morgan fingerprint density at radius 2 is 1.29 bits per heavy atom. The van der Waals surface area contributed by atoms with Gasteiger partial charge in [0.25, 0.3) is 0 Å². The van der Waals surface area contributed by atoms with E-state index in [0.29, 0.717) is 74.0 Å². The highest BCUT2D eigenvalue weighted by Gasteiger charge is 2.30. The van der Waals surface area contributed by atoms with Gasteiger partial charge in [0, 0.05) is 80.7 Å². The van der Waals surface area contributed by atoms with E-state index in [0.717, 1.165) is 25.9 Å². The Labute approximate surface area is 247 Å². The van der Waals surface area contributed by atoms with Crippen molar-refractivity contribution >= 4 is 40.5 Å². The van der Waals surface area contributed by atoms with Crippen molar-refractivity contribution in [2.24, 2.45) is 0 Å². The maximum Gasteiger partial charge on any atom is 0.241 e. The first-order valence-electron chi connectivity index (χ1n) is 14.5. The van der Waals surface area contributed by atoms with Gasteiger partial charge in [-0.15, -0.1) is 0 Å². The second kappa shape index (κ2) is 15.4. The lowest BCUT2D eigenvalue weighted by Crippen LogP contribution is -2.49. The van der Waals surface area contributed by atoms with Crippen LogP contribution >= 0.6 is 0 Å². The van der Waals surface area contributed by atoms with E-state index >= 15 is 0 Å². The number of nitrogens with zero attached hydrogens (tertiary/aromatic N) is 9. The number of carbonyl (C=O) groups excluding carboxylic acids is 1. The molecule has 2 aliphatic heterocycles. The summed E-state index contributed by atoms with van der Waals surface area (Å²) < 4.78 is 16.4. The Balaban J connectivity index is 1.93. The summed E-state index contributed by atoms with van der Waals surface area (Å²) in [6.07, 6.45) is 1.86. The quantitative estimate of drug-likeness (QED) is 0.266. The van der Waals surface area contributed by atoms with E-state index in [1.54, 1.807) is 38.2 Å². The molecule has 0 spiro atoms. The predicted octanol–water partition coefficient (Wildman–Crippen LogP) is -0.796. The summed E-state index contributed by atoms with van der Waals surface area (Å²) in [5.41, 5.74) is 1.10. The number of likely N-dealkylation sites (N-methyl/N-ethyl adjacent to an activating group) is 1. The minimum absolute atomic E-state index is 0.0184. The minimum atomic E-state index is -0.134. The molecule has 0 aromatic carbocycles. The fourth-order valence-corrected chi connectivity index (χ4v) is 5.20. The minimum Gasteiger partial charge on any atom is -0.395 e. The lowest BCUT2D eigenvalue weighted by molar-refractivity contribution is -0.129. The summed E-state index contributed by atoms with van der Waals surface area (Å²) in [5.74, 6) is 2.01. The molecule has 0 bridgehead atoms. The molecule has 0 atom stereocenters. The van der Waals surface area contributed by atoms with E-state index in [1.165, 1.54) is 0 Å². The number of amides is 1. The molecule has 0 unspecified atom stereocenters. The highest BCUT2D eigenvalue weighted by Crippen LogP contribution is 2.34. The highest BCUT2D eigenvalue weighted by molar-refractivity contribution is 5.96. The molecule has 0 saturated carbocycles. The second-order valence-electron chi connectivity index (χ2n) is 10.5. The van der Waals surface area contributed by atoms with E-state index < -0.39 is 0 Å². The Bertz CT molecular complexity index is 1150. The number of anilines is 4. The third kappa shape index (κ3) is 7.45. The van der Waals surface area contributed by atoms with Gasteiger partial charge in [0.2, 0.25) is 17.8 Å². The van der Waals surface area contributed by atoms with Crippen molar-refractivity contribution < 1.29 is 29.2 Å². The standard InChI is InChI=1S/C27H45N9O6/c1-32-9-10-36(19-21(32)39)25-23-22(28-26(31-25)34(11-15-37)12-16-38)24(33-7-5-20(42-4)6-8-33)30-27(29-23)35(13-17-40-2)14-18-41-3/h20,37-38H,5-19H2,1-4H3. The van der Waals surface area contributed by atoms with Gasteiger partial charge in [0.1, 0.15) is 11.0 Å². The molecule has 2 saturated heterocycles. The van der Waals surface area contributed by atoms with Crippen LogP contribution in [-0.2, 0) is 19.0 Å². The zero-order valence-electron chi connectivity index (χ0n) is 25.2. The lowest BCUT2D eigenvalue weighted by atomic mass is 10.1. The van der Waals surface area contributed by atoms with Gasteiger partial charge in [-0.3, -0.25) is 4.79 Å². The van der Waals surface area contributed by atoms with Crippen LogP contribution in [-0.4, -0.2) is 161 Å². The number of ether oxygens (including phenoxy) is 3. The Kier molecular flexibility index (Phi) is 11.7. The summed E-state index contributed by atoms with van der Waals surface area (Å²) in [5, 5.41) is 19.5. The molecule has 42 heavy (non-hydrogen) atoms. The largest absolute Gasteiger partial charge is 0.395 e. The summed E-state index contributed by atoms with van der Waals surface area (Å²) in [6, 6.07) is 0. The van der Waals surface area contributed by atoms with Gasteiger partial charge in [0.15, 0.2) is 11.6 Å². The fourth-order valence-electron chi connectivity index (χ4n) is 5.20. The molecule has 234 valence electrons. The van der Waals surface area contributed by atoms with E-state index in [1.807, 2.05) is 9.80 Å². The number of piperidine rings is 1. The van der Waals surface area contributed by atoms with Crippen LogP contribution in [0.5, 0.6) is 0 Å². The van der Waals surface area contributed by atoms with Gasteiger partial charge in [-0.1, -0.05) is 0 Å². The molecule has 4 rings (SSSR count). The number of hydrogen-bond donors (Lipinski definition) is 2. The van der Waals surface area contributed by atoms with Crippen LogP contribution in [0.1, 0.15) is 12.8 Å². The smallest absolute Gasteiger partial charge is 0.241 e. The number of fused-ring (bicyclic) bond motifs is 1. The molecule has 2 fully saturated rings. The molecule has 4 heterocycles. The topological polar surface area (TPSA) is 153 Å². The SMILES string of the molecule is COCCN(CCOC)c1nc(N2CCC(OC)CC2)c2nc(N(CCO)CCO)nc(N3CCN(C)C(=O)C3)c2n1. The van der Waals surface area contributed by atoms with Crippen LogP contribution in [0.4, 0.5) is 23.5 Å². The van der Waals surface area contributed by atoms with E-state index in [4.69, 9.17) is 34.1 Å². The van der Waals surface area contributed by atoms with Crippen molar-refractivity contribution in [1.82, 2.24) is 24.8 Å². The van der Waals surface area contributed by atoms with Crippen molar-refractivity contribution in [3.63, 3.8) is 0 Å². The number of rotatable bonds is 15. The molecule has 1 amide bonds. The summed E-state index contributed by atoms with van der Waals surface area (Å²) in [7, 11) is 6.84. The number of piperazine rings is 1. The van der Waals surface area contributed by atoms with Crippen LogP contribution < -0.4 is 19.6 Å². The van der Waals surface area contributed by atoms with Gasteiger partial charge in [0.05, 0.1) is 39.1 Å². The van der Waals surface area contributed by atoms with Crippen molar-refractivity contribution in [3.8, 4) is 0 Å². The Hall–Kier alpha value is -3.11. The average Bonchev–Trinajstić information content (AvgIpc) is 3.01. The van der Waals surface area contributed by atoms with E-state index in [-0.39, 0.29) is 44.9 Å². The maximum absolute atomic E-state index is 12.8. The first kappa shape index (κ1) is 31.8. The lowest BCUT2D eigenvalue weighted by Gasteiger charge is -2.35. The molecule has 2 aliphatic rings. The van der Waals surface area contributed by atoms with Crippen LogP contribution in [0, 0.1) is 0 Å². The average molecular weight is 592 g/mol. The number of carbonyl (C=O) groups is 1. The normalized spacial score (nSPS) is 16.5. The van der Waals surface area contributed by atoms with Gasteiger partial charge in [-0.25, -0.2) is 9.97 Å². The van der Waals surface area contributed by atoms with Crippen LogP contribution in [0.15, 0.2) is 0 Å². The first-order valence-corrected chi connectivity index (χ1v) is 14.5. The molecule has 15 heteroatoms. The van der Waals surface area contributed by atoms with Gasteiger partial charge in [-0.05, 0) is 12.8 Å². The molecule has 2 aromatic rings. The van der Waals surface area contributed by atoms with E-state index in [2.05, 4.69) is 4.90 Å². The molecular formula is C27H45N9O6. The number of methoxy groups -OCH3 is 3. The monoisotopic (exact) mass is 591 g/mol. The van der Waals surface area contributed by atoms with Gasteiger partial charge >= 0.3 is 0 Å². The molecule has 2 aromatic heterocycles. The first-order chi connectivity index (χ1) is 20.4. The number of aliphatic hydroxyl groups is 2.